The highest BCUT2D eigenvalue weighted by molar-refractivity contribution is 5.79. The molecule has 0 amide bonds. The molecular formula is C16H14N2. The highest BCUT2D eigenvalue weighted by atomic mass is 14.8. The average Bonchev–Trinajstić information content (AvgIpc) is 2.83. The van der Waals surface area contributed by atoms with Crippen LogP contribution in [0.1, 0.15) is 0 Å². The Kier molecular flexibility index (Phi) is 2.61. The van der Waals surface area contributed by atoms with Gasteiger partial charge in [0.15, 0.2) is 0 Å². The minimum absolute atomic E-state index is 0.778. The van der Waals surface area contributed by atoms with Gasteiger partial charge in [-0.2, -0.15) is 0 Å². The molecule has 18 heavy (non-hydrogen) atoms. The number of hydrogen-bond acceptors (Lipinski definition) is 1. The first kappa shape index (κ1) is 10.7. The molecule has 2 nitrogen and oxygen atoms in total. The second-order valence-electron chi connectivity index (χ2n) is 4.25. The molecule has 0 aliphatic heterocycles. The summed E-state index contributed by atoms with van der Waals surface area (Å²) in [7, 11) is 0. The largest absolute Gasteiger partial charge is 0.397 e. The number of aromatic nitrogens is 1. The van der Waals surface area contributed by atoms with Gasteiger partial charge in [-0.3, -0.25) is 0 Å². The van der Waals surface area contributed by atoms with E-state index in [0.29, 0.717) is 0 Å². The van der Waals surface area contributed by atoms with Crippen LogP contribution in [0.4, 0.5) is 5.69 Å². The molecule has 0 atom stereocenters. The molecule has 1 heterocycles. The van der Waals surface area contributed by atoms with Gasteiger partial charge in [-0.1, -0.05) is 60.7 Å². The van der Waals surface area contributed by atoms with E-state index >= 15 is 0 Å². The molecule has 0 unspecified atom stereocenters. The summed E-state index contributed by atoms with van der Waals surface area (Å²) in [5.41, 5.74) is 11.1. The summed E-state index contributed by atoms with van der Waals surface area (Å²) in [6.45, 7) is 0. The normalized spacial score (nSPS) is 10.4. The van der Waals surface area contributed by atoms with Crippen molar-refractivity contribution in [3.05, 3.63) is 66.7 Å². The standard InChI is InChI=1S/C16H14N2/c17-14-11-15(12-7-3-1-4-8-12)18-16(14)13-9-5-2-6-10-13/h1-11,18H,17H2. The summed E-state index contributed by atoms with van der Waals surface area (Å²) in [5.74, 6) is 0. The van der Waals surface area contributed by atoms with Crippen LogP contribution in [0.5, 0.6) is 0 Å². The van der Waals surface area contributed by atoms with E-state index in [1.165, 1.54) is 0 Å². The number of anilines is 1. The summed E-state index contributed by atoms with van der Waals surface area (Å²) < 4.78 is 0. The smallest absolute Gasteiger partial charge is 0.0692 e. The molecule has 0 aliphatic carbocycles. The highest BCUT2D eigenvalue weighted by Crippen LogP contribution is 2.30. The lowest BCUT2D eigenvalue weighted by Crippen LogP contribution is -1.85. The predicted octanol–water partition coefficient (Wildman–Crippen LogP) is 3.93. The minimum atomic E-state index is 0.778. The Morgan fingerprint density at radius 2 is 1.28 bits per heavy atom. The first-order chi connectivity index (χ1) is 8.84. The number of nitrogen functional groups attached to an aromatic ring is 1. The van der Waals surface area contributed by atoms with E-state index in [-0.39, 0.29) is 0 Å². The summed E-state index contributed by atoms with van der Waals surface area (Å²) in [6.07, 6.45) is 0. The van der Waals surface area contributed by atoms with Crippen LogP contribution in [-0.4, -0.2) is 4.98 Å². The van der Waals surface area contributed by atoms with E-state index in [0.717, 1.165) is 28.2 Å². The lowest BCUT2D eigenvalue weighted by Gasteiger charge is -2.00. The van der Waals surface area contributed by atoms with Crippen molar-refractivity contribution in [1.82, 2.24) is 4.98 Å². The van der Waals surface area contributed by atoms with Gasteiger partial charge in [-0.05, 0) is 11.6 Å². The van der Waals surface area contributed by atoms with Crippen molar-refractivity contribution in [1.29, 1.82) is 0 Å². The quantitative estimate of drug-likeness (QED) is 0.693. The lowest BCUT2D eigenvalue weighted by molar-refractivity contribution is 1.39. The molecule has 0 radical (unpaired) electrons. The number of hydrogen-bond donors (Lipinski definition) is 2. The van der Waals surface area contributed by atoms with Crippen molar-refractivity contribution in [3.63, 3.8) is 0 Å². The molecule has 3 aromatic rings. The molecule has 3 rings (SSSR count). The van der Waals surface area contributed by atoms with Crippen LogP contribution in [0.15, 0.2) is 66.7 Å². The Balaban J connectivity index is 2.07. The second-order valence-corrected chi connectivity index (χ2v) is 4.25. The molecule has 88 valence electrons. The summed E-state index contributed by atoms with van der Waals surface area (Å²) in [4.78, 5) is 3.39. The van der Waals surface area contributed by atoms with Crippen molar-refractivity contribution in [3.8, 4) is 22.5 Å². The van der Waals surface area contributed by atoms with Gasteiger partial charge in [-0.15, -0.1) is 0 Å². The third kappa shape index (κ3) is 1.89. The Morgan fingerprint density at radius 1 is 0.722 bits per heavy atom. The van der Waals surface area contributed by atoms with Crippen molar-refractivity contribution < 1.29 is 0 Å². The van der Waals surface area contributed by atoms with Crippen molar-refractivity contribution >= 4 is 5.69 Å². The lowest BCUT2D eigenvalue weighted by atomic mass is 10.1. The molecule has 0 saturated heterocycles. The number of benzene rings is 2. The van der Waals surface area contributed by atoms with Crippen LogP contribution in [0.2, 0.25) is 0 Å². The molecule has 0 fully saturated rings. The zero-order valence-corrected chi connectivity index (χ0v) is 9.93. The minimum Gasteiger partial charge on any atom is -0.397 e. The van der Waals surface area contributed by atoms with Gasteiger partial charge in [0.25, 0.3) is 0 Å². The molecule has 0 saturated carbocycles. The summed E-state index contributed by atoms with van der Waals surface area (Å²) >= 11 is 0. The van der Waals surface area contributed by atoms with Crippen LogP contribution in [0.25, 0.3) is 22.5 Å². The second kappa shape index (κ2) is 4.41. The third-order valence-electron chi connectivity index (χ3n) is 3.00. The maximum absolute atomic E-state index is 6.08. The summed E-state index contributed by atoms with van der Waals surface area (Å²) in [5, 5.41) is 0. The maximum atomic E-state index is 6.08. The number of nitrogens with one attached hydrogen (secondary N) is 1. The first-order valence-corrected chi connectivity index (χ1v) is 5.94. The number of aromatic amines is 1. The fraction of sp³-hybridized carbons (Fsp3) is 0. The molecule has 2 aromatic carbocycles. The van der Waals surface area contributed by atoms with Gasteiger partial charge in [0.05, 0.1) is 11.4 Å². The molecule has 0 spiro atoms. The summed E-state index contributed by atoms with van der Waals surface area (Å²) in [6, 6.07) is 22.3. The monoisotopic (exact) mass is 234 g/mol. The van der Waals surface area contributed by atoms with Gasteiger partial charge in [0.2, 0.25) is 0 Å². The molecular weight excluding hydrogens is 220 g/mol. The van der Waals surface area contributed by atoms with E-state index in [1.54, 1.807) is 0 Å². The fourth-order valence-electron chi connectivity index (χ4n) is 2.09. The Hall–Kier alpha value is -2.48. The first-order valence-electron chi connectivity index (χ1n) is 5.94. The average molecular weight is 234 g/mol. The molecule has 0 bridgehead atoms. The van der Waals surface area contributed by atoms with Crippen LogP contribution >= 0.6 is 0 Å². The van der Waals surface area contributed by atoms with Gasteiger partial charge < -0.3 is 10.7 Å². The number of H-pyrrole nitrogens is 1. The van der Waals surface area contributed by atoms with Crippen LogP contribution in [0.3, 0.4) is 0 Å². The van der Waals surface area contributed by atoms with Gasteiger partial charge >= 0.3 is 0 Å². The van der Waals surface area contributed by atoms with Crippen LogP contribution in [0, 0.1) is 0 Å². The van der Waals surface area contributed by atoms with Gasteiger partial charge in [-0.25, -0.2) is 0 Å². The van der Waals surface area contributed by atoms with Gasteiger partial charge in [0.1, 0.15) is 0 Å². The number of nitrogens with two attached hydrogens (primary N) is 1. The SMILES string of the molecule is Nc1cc(-c2ccccc2)[nH]c1-c1ccccc1. The van der Waals surface area contributed by atoms with Crippen molar-refractivity contribution in [2.45, 2.75) is 0 Å². The molecule has 2 heteroatoms. The Morgan fingerprint density at radius 3 is 1.89 bits per heavy atom. The molecule has 0 aliphatic rings. The fourth-order valence-corrected chi connectivity index (χ4v) is 2.09. The van der Waals surface area contributed by atoms with E-state index in [9.17, 15) is 0 Å². The van der Waals surface area contributed by atoms with E-state index < -0.39 is 0 Å². The Bertz CT molecular complexity index is 639. The van der Waals surface area contributed by atoms with E-state index in [4.69, 9.17) is 5.73 Å². The van der Waals surface area contributed by atoms with E-state index in [2.05, 4.69) is 29.2 Å². The van der Waals surface area contributed by atoms with Gasteiger partial charge in [0, 0.05) is 11.3 Å². The van der Waals surface area contributed by atoms with Crippen molar-refractivity contribution in [2.75, 3.05) is 5.73 Å². The van der Waals surface area contributed by atoms with Crippen molar-refractivity contribution in [2.24, 2.45) is 0 Å². The molecule has 3 N–H and O–H groups in total. The zero-order valence-electron chi connectivity index (χ0n) is 9.93. The third-order valence-corrected chi connectivity index (χ3v) is 3.00. The van der Waals surface area contributed by atoms with Crippen LogP contribution in [-0.2, 0) is 0 Å². The maximum Gasteiger partial charge on any atom is 0.0692 e. The Labute approximate surface area is 106 Å². The molecule has 1 aromatic heterocycles. The highest BCUT2D eigenvalue weighted by Gasteiger charge is 2.08. The topological polar surface area (TPSA) is 41.8 Å². The van der Waals surface area contributed by atoms with E-state index in [1.807, 2.05) is 42.5 Å². The predicted molar refractivity (Wildman–Crippen MR) is 76.1 cm³/mol. The zero-order chi connectivity index (χ0) is 12.4. The van der Waals surface area contributed by atoms with Crippen LogP contribution < -0.4 is 5.73 Å². The number of rotatable bonds is 2.